The second-order valence-corrected chi connectivity index (χ2v) is 16.3. The molecular weight excluding hydrogens is 852 g/mol. The molecule has 0 saturated heterocycles. The van der Waals surface area contributed by atoms with Crippen molar-refractivity contribution in [1.29, 1.82) is 0 Å². The first kappa shape index (κ1) is 40.8. The Kier molecular flexibility index (Phi) is 11.7. The summed E-state index contributed by atoms with van der Waals surface area (Å²) in [6.45, 7) is 0. The highest BCUT2D eigenvalue weighted by Gasteiger charge is 2.26. The Balaban J connectivity index is 1.42. The molecule has 6 N–H and O–H groups in total. The van der Waals surface area contributed by atoms with E-state index in [-0.39, 0.29) is 49.8 Å². The van der Waals surface area contributed by atoms with Gasteiger partial charge in [0.05, 0.1) is 5.69 Å². The molecular formula is C32H21ClN8O12S4-2. The summed E-state index contributed by atoms with van der Waals surface area (Å²) in [4.78, 5) is 22.7. The molecule has 2 atom stereocenters. The van der Waals surface area contributed by atoms with Crippen LogP contribution in [0.3, 0.4) is 0 Å². The number of benzene rings is 5. The fourth-order valence-electron chi connectivity index (χ4n) is 5.10. The van der Waals surface area contributed by atoms with E-state index < -0.39 is 80.1 Å². The summed E-state index contributed by atoms with van der Waals surface area (Å²) in [6.07, 6.45) is 0. The number of nitrogens with zero attached hydrogens (tertiary/aromatic N) is 5. The molecule has 1 amide bonds. The number of amides is 1. The summed E-state index contributed by atoms with van der Waals surface area (Å²) in [5.41, 5.74) is -1.50. The van der Waals surface area contributed by atoms with Crippen LogP contribution in [0.1, 0.15) is 10.4 Å². The second kappa shape index (κ2) is 16.3. The van der Waals surface area contributed by atoms with Crippen LogP contribution < -0.4 is 16.0 Å². The lowest BCUT2D eigenvalue weighted by Gasteiger charge is -2.16. The maximum absolute atomic E-state index is 13.1. The molecule has 5 aromatic carbocycles. The molecule has 1 aromatic heterocycles. The number of fused-ring (bicyclic) bond motifs is 1. The largest absolute Gasteiger partial charge is 0.768 e. The molecule has 0 spiro atoms. The molecule has 0 aliphatic heterocycles. The topological polar surface area (TPSA) is 326 Å². The smallest absolute Gasteiger partial charge is 0.296 e. The molecule has 294 valence electrons. The first-order valence-corrected chi connectivity index (χ1v) is 20.7. The van der Waals surface area contributed by atoms with Gasteiger partial charge in [0, 0.05) is 32.1 Å². The van der Waals surface area contributed by atoms with Crippen molar-refractivity contribution < 1.29 is 53.4 Å². The predicted molar refractivity (Wildman–Crippen MR) is 202 cm³/mol. The molecule has 20 nitrogen and oxygen atoms in total. The number of nitrogens with one attached hydrogen (secondary N) is 3. The van der Waals surface area contributed by atoms with Crippen LogP contribution in [0.25, 0.3) is 10.8 Å². The zero-order valence-corrected chi connectivity index (χ0v) is 31.9. The van der Waals surface area contributed by atoms with Gasteiger partial charge < -0.3 is 30.2 Å². The lowest BCUT2D eigenvalue weighted by atomic mass is 10.1. The van der Waals surface area contributed by atoms with E-state index >= 15 is 0 Å². The number of hydrogen-bond acceptors (Lipinski definition) is 17. The summed E-state index contributed by atoms with van der Waals surface area (Å²) in [5, 5.41) is 26.0. The Hall–Kier alpha value is -5.83. The van der Waals surface area contributed by atoms with Gasteiger partial charge in [0.25, 0.3) is 26.1 Å². The molecule has 6 aromatic rings. The normalized spacial score (nSPS) is 13.0. The van der Waals surface area contributed by atoms with Crippen LogP contribution in [0.5, 0.6) is 5.75 Å². The van der Waals surface area contributed by atoms with Crippen LogP contribution in [-0.2, 0) is 42.4 Å². The Labute approximate surface area is 331 Å². The van der Waals surface area contributed by atoms with Gasteiger partial charge in [-0.1, -0.05) is 18.2 Å². The Morgan fingerprint density at radius 1 is 0.719 bits per heavy atom. The minimum Gasteiger partial charge on any atom is -0.768 e. The molecule has 0 fully saturated rings. The molecule has 2 unspecified atom stereocenters. The van der Waals surface area contributed by atoms with Crippen LogP contribution >= 0.6 is 11.6 Å². The molecule has 0 radical (unpaired) electrons. The zero-order chi connectivity index (χ0) is 41.2. The maximum Gasteiger partial charge on any atom is 0.296 e. The minimum absolute atomic E-state index is 0.0198. The van der Waals surface area contributed by atoms with E-state index in [4.69, 9.17) is 11.6 Å². The van der Waals surface area contributed by atoms with Gasteiger partial charge in [0.2, 0.25) is 17.2 Å². The number of azo groups is 1. The van der Waals surface area contributed by atoms with E-state index in [2.05, 4.69) is 41.1 Å². The molecule has 0 saturated carbocycles. The Bertz CT molecular complexity index is 2890. The highest BCUT2D eigenvalue weighted by atomic mass is 35.5. The average Bonchev–Trinajstić information content (AvgIpc) is 3.13. The van der Waals surface area contributed by atoms with Crippen molar-refractivity contribution in [3.63, 3.8) is 0 Å². The van der Waals surface area contributed by atoms with Crippen molar-refractivity contribution in [2.75, 3.05) is 16.0 Å². The van der Waals surface area contributed by atoms with Crippen molar-refractivity contribution in [2.24, 2.45) is 10.2 Å². The third kappa shape index (κ3) is 9.59. The fourth-order valence-corrected chi connectivity index (χ4v) is 7.31. The summed E-state index contributed by atoms with van der Waals surface area (Å²) in [6, 6.07) is 18.8. The average molecular weight is 873 g/mol. The van der Waals surface area contributed by atoms with E-state index in [0.29, 0.717) is 5.69 Å². The van der Waals surface area contributed by atoms with Gasteiger partial charge in [-0.3, -0.25) is 22.3 Å². The number of phenolic OH excluding ortho intramolecular Hbond substituents is 1. The van der Waals surface area contributed by atoms with E-state index in [1.54, 1.807) is 18.2 Å². The number of hydrogen-bond donors (Lipinski definition) is 6. The molecule has 0 aliphatic carbocycles. The first-order chi connectivity index (χ1) is 26.9. The molecule has 6 rings (SSSR count). The first-order valence-electron chi connectivity index (χ1n) is 15.3. The number of rotatable bonds is 12. The van der Waals surface area contributed by atoms with Gasteiger partial charge in [-0.15, -0.1) is 10.2 Å². The number of anilines is 5. The van der Waals surface area contributed by atoms with Gasteiger partial charge in [-0.25, -0.2) is 0 Å². The van der Waals surface area contributed by atoms with E-state index in [1.807, 2.05) is 0 Å². The second-order valence-electron chi connectivity index (χ2n) is 11.3. The Morgan fingerprint density at radius 2 is 1.32 bits per heavy atom. The van der Waals surface area contributed by atoms with Crippen molar-refractivity contribution in [3.05, 3.63) is 102 Å². The van der Waals surface area contributed by atoms with E-state index in [9.17, 15) is 53.4 Å². The number of carbonyl (C=O) groups excluding carboxylic acids is 1. The number of phenols is 1. The van der Waals surface area contributed by atoms with Crippen molar-refractivity contribution >= 4 is 111 Å². The number of carbonyl (C=O) groups is 1. The Morgan fingerprint density at radius 3 is 1.91 bits per heavy atom. The quantitative estimate of drug-likeness (QED) is 0.0501. The van der Waals surface area contributed by atoms with Gasteiger partial charge in [0.15, 0.2) is 5.75 Å². The van der Waals surface area contributed by atoms with E-state index in [1.165, 1.54) is 36.4 Å². The summed E-state index contributed by atoms with van der Waals surface area (Å²) in [5.74, 6) is -2.14. The summed E-state index contributed by atoms with van der Waals surface area (Å²) < 4.78 is 116. The molecule has 57 heavy (non-hydrogen) atoms. The maximum atomic E-state index is 13.1. The summed E-state index contributed by atoms with van der Waals surface area (Å²) >= 11 is 0.677. The molecule has 0 bridgehead atoms. The monoisotopic (exact) mass is 872 g/mol. The fraction of sp³-hybridized carbons (Fsp3) is 0. The highest BCUT2D eigenvalue weighted by molar-refractivity contribution is 7.86. The van der Waals surface area contributed by atoms with E-state index in [0.717, 1.165) is 36.4 Å². The minimum atomic E-state index is -5.29. The lowest BCUT2D eigenvalue weighted by Crippen LogP contribution is -2.12. The van der Waals surface area contributed by atoms with Crippen molar-refractivity contribution in [2.45, 2.75) is 19.6 Å². The van der Waals surface area contributed by atoms with Gasteiger partial charge in [-0.05, 0) is 112 Å². The van der Waals surface area contributed by atoms with Gasteiger partial charge >= 0.3 is 0 Å². The van der Waals surface area contributed by atoms with Crippen molar-refractivity contribution in [1.82, 2.24) is 15.0 Å². The van der Waals surface area contributed by atoms with Gasteiger partial charge in [-0.2, -0.15) is 31.8 Å². The standard InChI is InChI=1S/C32H23ClN8O12S4/c33-30-37-31(34-18-6-9-20(10-7-18)54(44)45)39-32(38-30)35-19-8-11-24(56(48,49)50)22(14-19)40-41-27-25(57(51,52)53)13-17-12-21(55(46)47)15-23(26(17)28(27)42)36-29(43)16-4-2-1-3-5-16/h1-15,42H,(H,36,43)(H,44,45)(H,46,47)(H,48,49,50)(H,51,52,53)(H2,34,35,37,38,39)/p-2. The lowest BCUT2D eigenvalue weighted by molar-refractivity contribution is 0.102. The van der Waals surface area contributed by atoms with Crippen LogP contribution in [0, 0.1) is 0 Å². The number of halogens is 1. The SMILES string of the molecule is O=C(Nc1cc(S(=O)[O-])cc2cc(S(=O)(=O)O)c(N=Nc3cc(Nc4nc(Cl)nc(Nc5ccc(S(=O)[O-])cc5)n4)ccc3S(=O)(=O)O)c(O)c12)c1ccccc1. The molecule has 1 heterocycles. The number of aromatic nitrogens is 3. The molecule has 0 aliphatic rings. The number of aromatic hydroxyl groups is 1. The summed E-state index contributed by atoms with van der Waals surface area (Å²) in [7, 11) is -10.3. The van der Waals surface area contributed by atoms with Crippen LogP contribution in [0.15, 0.2) is 121 Å². The van der Waals surface area contributed by atoms with Crippen molar-refractivity contribution in [3.8, 4) is 5.75 Å². The van der Waals surface area contributed by atoms with Crippen LogP contribution in [0.4, 0.5) is 40.3 Å². The highest BCUT2D eigenvalue weighted by Crippen LogP contribution is 2.45. The predicted octanol–water partition coefficient (Wildman–Crippen LogP) is 5.51. The third-order valence-electron chi connectivity index (χ3n) is 7.54. The van der Waals surface area contributed by atoms with Gasteiger partial charge in [0.1, 0.15) is 21.2 Å². The third-order valence-corrected chi connectivity index (χ3v) is 10.8. The molecule has 25 heteroatoms. The van der Waals surface area contributed by atoms with Crippen LogP contribution in [-0.4, -0.2) is 69.4 Å². The van der Waals surface area contributed by atoms with Crippen LogP contribution in [0.2, 0.25) is 5.28 Å². The zero-order valence-electron chi connectivity index (χ0n) is 27.9.